The van der Waals surface area contributed by atoms with E-state index in [2.05, 4.69) is 5.32 Å². The molecule has 2 rings (SSSR count). The highest BCUT2D eigenvalue weighted by atomic mass is 35.5. The van der Waals surface area contributed by atoms with E-state index >= 15 is 0 Å². The summed E-state index contributed by atoms with van der Waals surface area (Å²) in [6, 6.07) is 13.1. The maximum atomic E-state index is 12.3. The van der Waals surface area contributed by atoms with Crippen molar-refractivity contribution < 1.29 is 14.7 Å². The number of carbonyl (C=O) groups excluding carboxylic acids is 2. The molecule has 1 N–H and O–H groups in total. The number of rotatable bonds is 5. The van der Waals surface area contributed by atoms with Crippen molar-refractivity contribution in [3.8, 4) is 0 Å². The molecule has 0 aliphatic carbocycles. The number of carbonyl (C=O) groups is 2. The summed E-state index contributed by atoms with van der Waals surface area (Å²) in [7, 11) is 0. The molecule has 0 fully saturated rings. The van der Waals surface area contributed by atoms with Gasteiger partial charge in [0.1, 0.15) is 0 Å². The fourth-order valence-electron chi connectivity index (χ4n) is 2.18. The summed E-state index contributed by atoms with van der Waals surface area (Å²) < 4.78 is 0. The van der Waals surface area contributed by atoms with Crippen LogP contribution < -0.4 is 10.4 Å². The summed E-state index contributed by atoms with van der Waals surface area (Å²) >= 11 is 5.83. The molecule has 2 aromatic rings. The summed E-state index contributed by atoms with van der Waals surface area (Å²) in [4.78, 5) is 23.3. The molecule has 0 heterocycles. The fraction of sp³-hybridized carbons (Fsp3) is 0.176. The molecule has 0 saturated carbocycles. The van der Waals surface area contributed by atoms with E-state index in [4.69, 9.17) is 11.6 Å². The lowest BCUT2D eigenvalue weighted by Gasteiger charge is -2.20. The summed E-state index contributed by atoms with van der Waals surface area (Å²) in [5.74, 6) is -1.55. The Morgan fingerprint density at radius 2 is 1.77 bits per heavy atom. The van der Waals surface area contributed by atoms with Crippen LogP contribution in [0.1, 0.15) is 33.9 Å². The first-order valence-corrected chi connectivity index (χ1v) is 7.17. The summed E-state index contributed by atoms with van der Waals surface area (Å²) in [5, 5.41) is 14.2. The van der Waals surface area contributed by atoms with Crippen molar-refractivity contribution in [1.29, 1.82) is 0 Å². The van der Waals surface area contributed by atoms with Crippen LogP contribution in [-0.4, -0.2) is 11.9 Å². The van der Waals surface area contributed by atoms with Crippen LogP contribution >= 0.6 is 11.6 Å². The Kier molecular flexibility index (Phi) is 5.17. The molecule has 114 valence electrons. The molecule has 5 heteroatoms. The normalized spacial score (nSPS) is 11.7. The molecule has 22 heavy (non-hydrogen) atoms. The zero-order valence-corrected chi connectivity index (χ0v) is 12.8. The smallest absolute Gasteiger partial charge is 0.252 e. The maximum Gasteiger partial charge on any atom is 0.252 e. The maximum absolute atomic E-state index is 12.3. The average Bonchev–Trinajstić information content (AvgIpc) is 2.47. The second kappa shape index (κ2) is 7.09. The van der Waals surface area contributed by atoms with Crippen molar-refractivity contribution in [3.63, 3.8) is 0 Å². The van der Waals surface area contributed by atoms with E-state index < -0.39 is 12.0 Å². The van der Waals surface area contributed by atoms with Gasteiger partial charge in [-0.1, -0.05) is 41.9 Å². The van der Waals surface area contributed by atoms with E-state index in [0.29, 0.717) is 16.1 Å². The number of carboxylic acid groups (broad SMARTS) is 1. The number of hydrogen-bond donors (Lipinski definition) is 1. The van der Waals surface area contributed by atoms with Gasteiger partial charge < -0.3 is 15.2 Å². The van der Waals surface area contributed by atoms with Crippen molar-refractivity contribution in [1.82, 2.24) is 5.32 Å². The predicted octanol–water partition coefficient (Wildman–Crippen LogP) is 2.26. The number of carboxylic acids is 1. The first kappa shape index (κ1) is 16.0. The van der Waals surface area contributed by atoms with Crippen LogP contribution in [0.4, 0.5) is 0 Å². The van der Waals surface area contributed by atoms with Crippen molar-refractivity contribution in [2.75, 3.05) is 0 Å². The number of hydrogen-bond acceptors (Lipinski definition) is 3. The van der Waals surface area contributed by atoms with Gasteiger partial charge >= 0.3 is 0 Å². The van der Waals surface area contributed by atoms with Crippen molar-refractivity contribution in [2.45, 2.75) is 19.4 Å². The summed E-state index contributed by atoms with van der Waals surface area (Å²) in [6.45, 7) is 1.82. The lowest BCUT2D eigenvalue weighted by Crippen LogP contribution is -2.34. The SMILES string of the molecule is Cc1ccccc1C(=O)N[C@@H](CC(=O)[O-])c1ccc(Cl)cc1. The third kappa shape index (κ3) is 4.09. The molecule has 0 unspecified atom stereocenters. The van der Waals surface area contributed by atoms with Crippen LogP contribution in [0.3, 0.4) is 0 Å². The lowest BCUT2D eigenvalue weighted by molar-refractivity contribution is -0.306. The van der Waals surface area contributed by atoms with Crippen LogP contribution in [0, 0.1) is 6.92 Å². The topological polar surface area (TPSA) is 69.2 Å². The summed E-state index contributed by atoms with van der Waals surface area (Å²) in [5.41, 5.74) is 2.00. The van der Waals surface area contributed by atoms with Gasteiger partial charge in [0.05, 0.1) is 6.04 Å². The van der Waals surface area contributed by atoms with Gasteiger partial charge in [-0.05, 0) is 36.2 Å². The summed E-state index contributed by atoms with van der Waals surface area (Å²) in [6.07, 6.45) is -0.306. The molecule has 0 bridgehead atoms. The third-order valence-electron chi connectivity index (χ3n) is 3.34. The highest BCUT2D eigenvalue weighted by Crippen LogP contribution is 2.20. The molecule has 0 aromatic heterocycles. The Balaban J connectivity index is 2.23. The minimum Gasteiger partial charge on any atom is -0.550 e. The van der Waals surface area contributed by atoms with Gasteiger partial charge in [-0.15, -0.1) is 0 Å². The number of aryl methyl sites for hydroxylation is 1. The van der Waals surface area contributed by atoms with Gasteiger partial charge in [0.2, 0.25) is 0 Å². The van der Waals surface area contributed by atoms with Gasteiger partial charge in [0.25, 0.3) is 5.91 Å². The number of nitrogens with one attached hydrogen (secondary N) is 1. The third-order valence-corrected chi connectivity index (χ3v) is 3.59. The minimum atomic E-state index is -1.23. The number of amides is 1. The van der Waals surface area contributed by atoms with Crippen LogP contribution in [0.15, 0.2) is 48.5 Å². The molecule has 0 radical (unpaired) electrons. The Hall–Kier alpha value is -2.33. The highest BCUT2D eigenvalue weighted by molar-refractivity contribution is 6.30. The number of halogens is 1. The Bertz CT molecular complexity index is 683. The van der Waals surface area contributed by atoms with E-state index in [1.165, 1.54) is 0 Å². The van der Waals surface area contributed by atoms with E-state index in [-0.39, 0.29) is 12.3 Å². The van der Waals surface area contributed by atoms with Crippen LogP contribution in [0.25, 0.3) is 0 Å². The molecular weight excluding hydrogens is 302 g/mol. The number of aliphatic carboxylic acids is 1. The first-order chi connectivity index (χ1) is 10.5. The van der Waals surface area contributed by atoms with E-state index in [9.17, 15) is 14.7 Å². The standard InChI is InChI=1S/C17H16ClNO3/c1-11-4-2-3-5-14(11)17(22)19-15(10-16(20)21)12-6-8-13(18)9-7-12/h2-9,15H,10H2,1H3,(H,19,22)(H,20,21)/p-1/t15-/m0/s1. The van der Waals surface area contributed by atoms with E-state index in [0.717, 1.165) is 5.56 Å². The van der Waals surface area contributed by atoms with Crippen LogP contribution in [0.2, 0.25) is 5.02 Å². The first-order valence-electron chi connectivity index (χ1n) is 6.79. The van der Waals surface area contributed by atoms with E-state index in [1.54, 1.807) is 36.4 Å². The minimum absolute atomic E-state index is 0.306. The molecule has 0 spiro atoms. The zero-order valence-electron chi connectivity index (χ0n) is 12.0. The number of benzene rings is 2. The zero-order chi connectivity index (χ0) is 16.1. The predicted molar refractivity (Wildman–Crippen MR) is 82.5 cm³/mol. The molecule has 4 nitrogen and oxygen atoms in total. The van der Waals surface area contributed by atoms with Crippen LogP contribution in [-0.2, 0) is 4.79 Å². The van der Waals surface area contributed by atoms with Gasteiger partial charge in [0, 0.05) is 23.0 Å². The van der Waals surface area contributed by atoms with Gasteiger partial charge in [-0.3, -0.25) is 4.79 Å². The monoisotopic (exact) mass is 316 g/mol. The molecule has 0 aliphatic heterocycles. The Morgan fingerprint density at radius 3 is 2.36 bits per heavy atom. The van der Waals surface area contributed by atoms with Crippen molar-refractivity contribution >= 4 is 23.5 Å². The van der Waals surface area contributed by atoms with Gasteiger partial charge in [-0.25, -0.2) is 0 Å². The molecule has 1 atom stereocenters. The molecule has 1 amide bonds. The highest BCUT2D eigenvalue weighted by Gasteiger charge is 2.17. The van der Waals surface area contributed by atoms with Gasteiger partial charge in [-0.2, -0.15) is 0 Å². The van der Waals surface area contributed by atoms with E-state index in [1.807, 2.05) is 19.1 Å². The van der Waals surface area contributed by atoms with Gasteiger partial charge in [0.15, 0.2) is 0 Å². The van der Waals surface area contributed by atoms with Crippen molar-refractivity contribution in [2.24, 2.45) is 0 Å². The fourth-order valence-corrected chi connectivity index (χ4v) is 2.30. The Labute approximate surface area is 133 Å². The molecule has 0 saturated heterocycles. The average molecular weight is 317 g/mol. The van der Waals surface area contributed by atoms with Crippen molar-refractivity contribution in [3.05, 3.63) is 70.2 Å². The molecular formula is C17H15ClNO3-. The molecule has 2 aromatic carbocycles. The lowest BCUT2D eigenvalue weighted by atomic mass is 10.0. The second-order valence-electron chi connectivity index (χ2n) is 4.97. The quantitative estimate of drug-likeness (QED) is 0.920. The largest absolute Gasteiger partial charge is 0.550 e. The van der Waals surface area contributed by atoms with Crippen LogP contribution in [0.5, 0.6) is 0 Å². The molecule has 0 aliphatic rings. The second-order valence-corrected chi connectivity index (χ2v) is 5.41. The Morgan fingerprint density at radius 1 is 1.14 bits per heavy atom.